The molecule has 0 radical (unpaired) electrons. The molecule has 0 atom stereocenters. The Hall–Kier alpha value is -2.89. The average molecular weight is 353 g/mol. The fourth-order valence-electron chi connectivity index (χ4n) is 2.84. The molecule has 3 aromatic rings. The van der Waals surface area contributed by atoms with Crippen molar-refractivity contribution in [3.8, 4) is 22.8 Å². The highest BCUT2D eigenvalue weighted by molar-refractivity contribution is 5.68. The molecule has 5 nitrogen and oxygen atoms in total. The van der Waals surface area contributed by atoms with Crippen LogP contribution in [0.25, 0.3) is 11.3 Å². The molecule has 6 heteroatoms. The van der Waals surface area contributed by atoms with E-state index in [1.165, 1.54) is 18.9 Å². The Balaban J connectivity index is 1.52. The van der Waals surface area contributed by atoms with E-state index in [0.29, 0.717) is 17.4 Å². The molecule has 1 fully saturated rings. The van der Waals surface area contributed by atoms with Crippen LogP contribution in [-0.2, 0) is 6.61 Å². The highest BCUT2D eigenvalue weighted by Crippen LogP contribution is 2.40. The Morgan fingerprint density at radius 2 is 2.04 bits per heavy atom. The molecule has 0 aliphatic heterocycles. The van der Waals surface area contributed by atoms with Gasteiger partial charge in [0.1, 0.15) is 35.4 Å². The Labute approximate surface area is 151 Å². The van der Waals surface area contributed by atoms with Gasteiger partial charge >= 0.3 is 0 Å². The lowest BCUT2D eigenvalue weighted by Gasteiger charge is -2.11. The second-order valence-corrected chi connectivity index (χ2v) is 6.55. The summed E-state index contributed by atoms with van der Waals surface area (Å²) in [6, 6.07) is 6.99. The van der Waals surface area contributed by atoms with Crippen LogP contribution in [0.2, 0.25) is 0 Å². The van der Waals surface area contributed by atoms with Crippen LogP contribution in [0.15, 0.2) is 36.7 Å². The molecule has 0 bridgehead atoms. The van der Waals surface area contributed by atoms with Gasteiger partial charge in [-0.05, 0) is 43.5 Å². The summed E-state index contributed by atoms with van der Waals surface area (Å²) in [6.07, 6.45) is 5.85. The van der Waals surface area contributed by atoms with Crippen LogP contribution >= 0.6 is 0 Å². The molecule has 1 N–H and O–H groups in total. The van der Waals surface area contributed by atoms with Crippen LogP contribution in [-0.4, -0.2) is 22.1 Å². The van der Waals surface area contributed by atoms with E-state index < -0.39 is 0 Å². The zero-order chi connectivity index (χ0) is 18.1. The van der Waals surface area contributed by atoms with E-state index >= 15 is 0 Å². The highest BCUT2D eigenvalue weighted by atomic mass is 19.1. The van der Waals surface area contributed by atoms with Crippen molar-refractivity contribution < 1.29 is 13.9 Å². The summed E-state index contributed by atoms with van der Waals surface area (Å²) in [7, 11) is 1.61. The van der Waals surface area contributed by atoms with Gasteiger partial charge in [0.2, 0.25) is 0 Å². The predicted octanol–water partition coefficient (Wildman–Crippen LogP) is 4.38. The lowest BCUT2D eigenvalue weighted by molar-refractivity contribution is 0.292. The van der Waals surface area contributed by atoms with Crippen LogP contribution in [0.5, 0.6) is 11.5 Å². The van der Waals surface area contributed by atoms with Crippen LogP contribution in [0.1, 0.15) is 35.8 Å². The molecule has 1 aliphatic rings. The molecular formula is C20H20FN3O2. The second kappa shape index (κ2) is 6.78. The van der Waals surface area contributed by atoms with E-state index in [-0.39, 0.29) is 18.1 Å². The van der Waals surface area contributed by atoms with Crippen molar-refractivity contribution in [1.29, 1.82) is 0 Å². The summed E-state index contributed by atoms with van der Waals surface area (Å²) >= 11 is 0. The Bertz CT molecular complexity index is 935. The molecule has 26 heavy (non-hydrogen) atoms. The van der Waals surface area contributed by atoms with Crippen LogP contribution in [0.3, 0.4) is 0 Å². The maximum atomic E-state index is 13.9. The van der Waals surface area contributed by atoms with E-state index in [9.17, 15) is 4.39 Å². The molecule has 0 amide bonds. The number of pyridine rings is 1. The predicted molar refractivity (Wildman–Crippen MR) is 95.8 cm³/mol. The van der Waals surface area contributed by atoms with E-state index in [1.54, 1.807) is 26.3 Å². The number of aromatic nitrogens is 3. The number of methoxy groups -OCH3 is 1. The van der Waals surface area contributed by atoms with Gasteiger partial charge in [-0.2, -0.15) is 0 Å². The van der Waals surface area contributed by atoms with Crippen LogP contribution in [0.4, 0.5) is 4.39 Å². The van der Waals surface area contributed by atoms with Crippen molar-refractivity contribution in [1.82, 2.24) is 15.0 Å². The van der Waals surface area contributed by atoms with Crippen molar-refractivity contribution in [3.05, 3.63) is 59.6 Å². The summed E-state index contributed by atoms with van der Waals surface area (Å²) in [5.74, 6) is 2.50. The molecular weight excluding hydrogens is 333 g/mol. The largest absolute Gasteiger partial charge is 0.496 e. The van der Waals surface area contributed by atoms with Crippen molar-refractivity contribution in [3.63, 3.8) is 0 Å². The summed E-state index contributed by atoms with van der Waals surface area (Å²) in [6.45, 7) is 1.86. The highest BCUT2D eigenvalue weighted by Gasteiger charge is 2.26. The number of rotatable bonds is 6. The zero-order valence-electron chi connectivity index (χ0n) is 14.8. The first kappa shape index (κ1) is 16.6. The first-order chi connectivity index (χ1) is 12.6. The molecule has 2 aromatic heterocycles. The molecule has 1 aromatic carbocycles. The number of nitrogens with zero attached hydrogens (tertiary/aromatic N) is 2. The molecule has 0 unspecified atom stereocenters. The molecule has 1 aliphatic carbocycles. The van der Waals surface area contributed by atoms with Crippen LogP contribution in [0, 0.1) is 12.7 Å². The van der Waals surface area contributed by atoms with E-state index in [0.717, 1.165) is 22.6 Å². The fraction of sp³-hybridized carbons (Fsp3) is 0.300. The summed E-state index contributed by atoms with van der Waals surface area (Å²) in [4.78, 5) is 11.9. The number of imidazole rings is 1. The molecule has 134 valence electrons. The molecule has 1 saturated carbocycles. The third-order valence-electron chi connectivity index (χ3n) is 4.45. The quantitative estimate of drug-likeness (QED) is 0.714. The second-order valence-electron chi connectivity index (χ2n) is 6.55. The van der Waals surface area contributed by atoms with Gasteiger partial charge in [0.25, 0.3) is 0 Å². The van der Waals surface area contributed by atoms with E-state index in [4.69, 9.17) is 9.47 Å². The van der Waals surface area contributed by atoms with Gasteiger partial charge in [0, 0.05) is 23.7 Å². The first-order valence-electron chi connectivity index (χ1n) is 8.61. The zero-order valence-corrected chi connectivity index (χ0v) is 14.8. The number of halogens is 1. The Kier molecular flexibility index (Phi) is 4.32. The van der Waals surface area contributed by atoms with Gasteiger partial charge < -0.3 is 14.5 Å². The van der Waals surface area contributed by atoms with E-state index in [2.05, 4.69) is 15.0 Å². The standard InChI is InChI=1S/C20H20FN3O2/c1-12-7-16(21)18(22-9-12)11-26-14-5-6-15(19(8-14)25-2)17-10-23-20(24-17)13-3-4-13/h5-10,13H,3-4,11H2,1-2H3,(H,23,24). The number of H-pyrrole nitrogens is 1. The number of aromatic amines is 1. The van der Waals surface area contributed by atoms with Gasteiger partial charge in [-0.15, -0.1) is 0 Å². The number of benzene rings is 1. The van der Waals surface area contributed by atoms with Crippen molar-refractivity contribution in [2.75, 3.05) is 7.11 Å². The topological polar surface area (TPSA) is 60.0 Å². The average Bonchev–Trinajstić information content (AvgIpc) is 3.38. The molecule has 2 heterocycles. The number of hydrogen-bond acceptors (Lipinski definition) is 4. The third kappa shape index (κ3) is 3.40. The fourth-order valence-corrected chi connectivity index (χ4v) is 2.84. The number of nitrogens with one attached hydrogen (secondary N) is 1. The van der Waals surface area contributed by atoms with Gasteiger partial charge in [0.05, 0.1) is 19.0 Å². The summed E-state index contributed by atoms with van der Waals surface area (Å²) < 4.78 is 25.1. The van der Waals surface area contributed by atoms with Gasteiger partial charge in [-0.3, -0.25) is 4.98 Å². The van der Waals surface area contributed by atoms with Gasteiger partial charge in [0.15, 0.2) is 0 Å². The third-order valence-corrected chi connectivity index (χ3v) is 4.45. The first-order valence-corrected chi connectivity index (χ1v) is 8.61. The SMILES string of the molecule is COc1cc(OCc2ncc(C)cc2F)ccc1-c1cnc(C2CC2)[nH]1. The monoisotopic (exact) mass is 353 g/mol. The van der Waals surface area contributed by atoms with Gasteiger partial charge in [-0.1, -0.05) is 0 Å². The maximum absolute atomic E-state index is 13.9. The molecule has 0 saturated heterocycles. The minimum atomic E-state index is -0.362. The van der Waals surface area contributed by atoms with Gasteiger partial charge in [-0.25, -0.2) is 9.37 Å². The number of hydrogen-bond donors (Lipinski definition) is 1. The van der Waals surface area contributed by atoms with Crippen LogP contribution < -0.4 is 9.47 Å². The Morgan fingerprint density at radius 3 is 2.77 bits per heavy atom. The number of aryl methyl sites for hydroxylation is 1. The summed E-state index contributed by atoms with van der Waals surface area (Å²) in [5, 5.41) is 0. The molecule has 4 rings (SSSR count). The van der Waals surface area contributed by atoms with Crippen molar-refractivity contribution in [2.24, 2.45) is 0 Å². The lowest BCUT2D eigenvalue weighted by Crippen LogP contribution is -2.02. The number of ether oxygens (including phenoxy) is 2. The minimum absolute atomic E-state index is 0.0600. The Morgan fingerprint density at radius 1 is 1.19 bits per heavy atom. The smallest absolute Gasteiger partial charge is 0.148 e. The normalized spacial score (nSPS) is 13.7. The van der Waals surface area contributed by atoms with Crippen molar-refractivity contribution in [2.45, 2.75) is 32.3 Å². The minimum Gasteiger partial charge on any atom is -0.496 e. The summed E-state index contributed by atoms with van der Waals surface area (Å²) in [5.41, 5.74) is 2.89. The molecule has 0 spiro atoms. The maximum Gasteiger partial charge on any atom is 0.148 e. The van der Waals surface area contributed by atoms with E-state index in [1.807, 2.05) is 18.3 Å². The van der Waals surface area contributed by atoms with Crippen molar-refractivity contribution >= 4 is 0 Å². The lowest BCUT2D eigenvalue weighted by atomic mass is 10.1.